The summed E-state index contributed by atoms with van der Waals surface area (Å²) in [5.41, 5.74) is 0.678. The minimum atomic E-state index is -0.176. The molecular formula is C40H72NO2+. The van der Waals surface area contributed by atoms with Gasteiger partial charge in [0.05, 0.1) is 6.61 Å². The first-order chi connectivity index (χ1) is 21.3. The van der Waals surface area contributed by atoms with Crippen LogP contribution in [0.25, 0.3) is 0 Å². The highest BCUT2D eigenvalue weighted by molar-refractivity contribution is 5.88. The van der Waals surface area contributed by atoms with Crippen LogP contribution in [0.2, 0.25) is 0 Å². The Hall–Kier alpha value is -1.64. The van der Waals surface area contributed by atoms with E-state index in [1.165, 1.54) is 167 Å². The van der Waals surface area contributed by atoms with Gasteiger partial charge in [0.25, 0.3) is 0 Å². The van der Waals surface area contributed by atoms with Gasteiger partial charge in [0.1, 0.15) is 12.1 Å². The van der Waals surface area contributed by atoms with Crippen molar-refractivity contribution < 1.29 is 14.1 Å². The van der Waals surface area contributed by atoms with E-state index in [1.807, 2.05) is 18.3 Å². The van der Waals surface area contributed by atoms with Crippen molar-refractivity contribution in [3.8, 4) is 0 Å². The van der Waals surface area contributed by atoms with Gasteiger partial charge in [-0.15, -0.1) is 0 Å². The molecule has 0 amide bonds. The molecule has 1 aromatic rings. The van der Waals surface area contributed by atoms with E-state index in [-0.39, 0.29) is 5.97 Å². The van der Waals surface area contributed by atoms with E-state index in [9.17, 15) is 4.79 Å². The van der Waals surface area contributed by atoms with Gasteiger partial charge in [0.15, 0.2) is 12.4 Å². The Kier molecular flexibility index (Phi) is 29.1. The molecule has 0 atom stereocenters. The second-order valence-corrected chi connectivity index (χ2v) is 13.0. The Bertz CT molecular complexity index is 759. The van der Waals surface area contributed by atoms with Gasteiger partial charge < -0.3 is 4.74 Å². The number of allylic oxidation sites excluding steroid dienone is 2. The van der Waals surface area contributed by atoms with Crippen LogP contribution in [-0.2, 0) is 11.3 Å². The van der Waals surface area contributed by atoms with Crippen LogP contribution < -0.4 is 4.57 Å². The molecule has 1 heterocycles. The number of aryl methyl sites for hydroxylation is 1. The molecular weight excluding hydrogens is 526 g/mol. The molecule has 0 aliphatic rings. The minimum absolute atomic E-state index is 0.176. The second kappa shape index (κ2) is 31.8. The number of ether oxygens (including phenoxy) is 1. The summed E-state index contributed by atoms with van der Waals surface area (Å²) in [6, 6.07) is 3.86. The predicted molar refractivity (Wildman–Crippen MR) is 187 cm³/mol. The highest BCUT2D eigenvalue weighted by Crippen LogP contribution is 2.14. The first kappa shape index (κ1) is 39.4. The Balaban J connectivity index is 1.94. The van der Waals surface area contributed by atoms with E-state index in [4.69, 9.17) is 4.74 Å². The Morgan fingerprint density at radius 3 is 1.49 bits per heavy atom. The van der Waals surface area contributed by atoms with Crippen LogP contribution in [0.3, 0.4) is 0 Å². The molecule has 0 saturated heterocycles. The Morgan fingerprint density at radius 2 is 1.00 bits per heavy atom. The fourth-order valence-corrected chi connectivity index (χ4v) is 5.87. The maximum atomic E-state index is 12.5. The zero-order valence-electron chi connectivity index (χ0n) is 28.9. The molecule has 3 nitrogen and oxygen atoms in total. The van der Waals surface area contributed by atoms with Crippen molar-refractivity contribution in [1.82, 2.24) is 0 Å². The molecule has 0 aliphatic carbocycles. The third-order valence-corrected chi connectivity index (χ3v) is 8.75. The van der Waals surface area contributed by atoms with Crippen molar-refractivity contribution >= 4 is 5.97 Å². The van der Waals surface area contributed by atoms with Crippen LogP contribution in [0.15, 0.2) is 36.7 Å². The number of hydrogen-bond donors (Lipinski definition) is 0. The highest BCUT2D eigenvalue weighted by atomic mass is 16.5. The number of nitrogens with zero attached hydrogens (tertiary/aromatic N) is 1. The van der Waals surface area contributed by atoms with Crippen molar-refractivity contribution in [1.29, 1.82) is 0 Å². The van der Waals surface area contributed by atoms with Gasteiger partial charge in [0, 0.05) is 12.5 Å². The summed E-state index contributed by atoms with van der Waals surface area (Å²) in [4.78, 5) is 12.5. The number of rotatable bonds is 32. The van der Waals surface area contributed by atoms with Gasteiger partial charge in [-0.2, -0.15) is 0 Å². The molecule has 0 bridgehead atoms. The number of hydrogen-bond acceptors (Lipinski definition) is 2. The van der Waals surface area contributed by atoms with E-state index >= 15 is 0 Å². The standard InChI is InChI=1S/C40H72NO2/c1-3-5-7-9-11-13-15-17-19-20-21-23-25-27-29-31-35-41-36-33-34-39(38-41)40(42)43-37-32-30-28-26-24-22-18-16-14-12-10-8-6-4-2/h17,19,33-34,36,38H,3-16,18,20-32,35,37H2,1-2H3/q+1/b19-17-. The molecule has 1 aromatic heterocycles. The summed E-state index contributed by atoms with van der Waals surface area (Å²) < 4.78 is 7.72. The summed E-state index contributed by atoms with van der Waals surface area (Å²) in [5, 5.41) is 0. The van der Waals surface area contributed by atoms with Crippen molar-refractivity contribution in [3.63, 3.8) is 0 Å². The molecule has 0 unspecified atom stereocenters. The average Bonchev–Trinajstić information content (AvgIpc) is 3.02. The molecule has 0 saturated carbocycles. The van der Waals surface area contributed by atoms with Crippen molar-refractivity contribution in [2.75, 3.05) is 6.61 Å². The third-order valence-electron chi connectivity index (χ3n) is 8.75. The zero-order chi connectivity index (χ0) is 30.9. The number of carbonyl (C=O) groups excluding carboxylic acids is 1. The van der Waals surface area contributed by atoms with Gasteiger partial charge >= 0.3 is 5.97 Å². The van der Waals surface area contributed by atoms with E-state index in [2.05, 4.69) is 36.8 Å². The number of carbonyl (C=O) groups is 1. The van der Waals surface area contributed by atoms with E-state index < -0.39 is 0 Å². The minimum Gasteiger partial charge on any atom is -0.462 e. The molecule has 0 spiro atoms. The smallest absolute Gasteiger partial charge is 0.344 e. The van der Waals surface area contributed by atoms with Crippen LogP contribution in [0.4, 0.5) is 0 Å². The first-order valence-corrected chi connectivity index (χ1v) is 19.1. The van der Waals surface area contributed by atoms with Crippen LogP contribution in [-0.4, -0.2) is 12.6 Å². The van der Waals surface area contributed by atoms with Crippen LogP contribution >= 0.6 is 0 Å². The molecule has 0 radical (unpaired) electrons. The second-order valence-electron chi connectivity index (χ2n) is 13.0. The fourth-order valence-electron chi connectivity index (χ4n) is 5.87. The molecule has 248 valence electrons. The highest BCUT2D eigenvalue weighted by Gasteiger charge is 2.12. The van der Waals surface area contributed by atoms with Gasteiger partial charge in [-0.05, 0) is 44.6 Å². The first-order valence-electron chi connectivity index (χ1n) is 19.1. The normalized spacial score (nSPS) is 11.5. The average molecular weight is 599 g/mol. The molecule has 0 N–H and O–H groups in total. The van der Waals surface area contributed by atoms with Gasteiger partial charge in [-0.1, -0.05) is 161 Å². The van der Waals surface area contributed by atoms with Gasteiger partial charge in [0.2, 0.25) is 0 Å². The van der Waals surface area contributed by atoms with Crippen LogP contribution in [0, 0.1) is 0 Å². The fraction of sp³-hybridized carbons (Fsp3) is 0.800. The van der Waals surface area contributed by atoms with E-state index in [0.717, 1.165) is 19.4 Å². The summed E-state index contributed by atoms with van der Waals surface area (Å²) in [6.45, 7) is 6.08. The number of esters is 1. The Morgan fingerprint density at radius 1 is 0.581 bits per heavy atom. The topological polar surface area (TPSA) is 30.2 Å². The van der Waals surface area contributed by atoms with Gasteiger partial charge in [-0.3, -0.25) is 0 Å². The summed E-state index contributed by atoms with van der Waals surface area (Å²) in [7, 11) is 0. The number of unbranched alkanes of at least 4 members (excludes halogenated alkanes) is 25. The summed E-state index contributed by atoms with van der Waals surface area (Å²) in [6.07, 6.45) is 46.2. The quantitative estimate of drug-likeness (QED) is 0.0357. The third kappa shape index (κ3) is 26.5. The SMILES string of the molecule is CCCCCCCC/C=C\CCCCCCCC[n+]1cccc(C(=O)OCCCCCCCCCCCCCCCC)c1. The maximum absolute atomic E-state index is 12.5. The number of aromatic nitrogens is 1. The molecule has 0 aliphatic heterocycles. The molecule has 0 aromatic carbocycles. The van der Waals surface area contributed by atoms with E-state index in [0.29, 0.717) is 12.2 Å². The van der Waals surface area contributed by atoms with Crippen molar-refractivity contribution in [2.24, 2.45) is 0 Å². The van der Waals surface area contributed by atoms with Crippen molar-refractivity contribution in [2.45, 2.75) is 200 Å². The molecule has 1 rings (SSSR count). The van der Waals surface area contributed by atoms with Crippen LogP contribution in [0.1, 0.15) is 204 Å². The zero-order valence-corrected chi connectivity index (χ0v) is 28.9. The Labute approximate surface area is 268 Å². The lowest BCUT2D eigenvalue weighted by molar-refractivity contribution is -0.697. The van der Waals surface area contributed by atoms with Gasteiger partial charge in [-0.25, -0.2) is 9.36 Å². The maximum Gasteiger partial charge on any atom is 0.344 e. The molecule has 3 heteroatoms. The predicted octanol–water partition coefficient (Wildman–Crippen LogP) is 12.6. The summed E-state index contributed by atoms with van der Waals surface area (Å²) >= 11 is 0. The molecule has 43 heavy (non-hydrogen) atoms. The van der Waals surface area contributed by atoms with Crippen LogP contribution in [0.5, 0.6) is 0 Å². The molecule has 0 fully saturated rings. The summed E-state index contributed by atoms with van der Waals surface area (Å²) in [5.74, 6) is -0.176. The lowest BCUT2D eigenvalue weighted by atomic mass is 10.0. The lowest BCUT2D eigenvalue weighted by Gasteiger charge is -2.05. The van der Waals surface area contributed by atoms with E-state index in [1.54, 1.807) is 0 Å². The number of pyridine rings is 1. The van der Waals surface area contributed by atoms with Crippen molar-refractivity contribution in [3.05, 3.63) is 42.2 Å². The monoisotopic (exact) mass is 599 g/mol. The lowest BCUT2D eigenvalue weighted by Crippen LogP contribution is -2.34. The largest absolute Gasteiger partial charge is 0.462 e.